The molecule has 0 unspecified atom stereocenters. The molecule has 10 nitrogen and oxygen atoms in total. The smallest absolute Gasteiger partial charge is 0.449 e. The molecular formula is C26H25F4N7O3. The Morgan fingerprint density at radius 1 is 1.27 bits per heavy atom. The van der Waals surface area contributed by atoms with Crippen LogP contribution < -0.4 is 15.6 Å². The quantitative estimate of drug-likeness (QED) is 0.361. The molecule has 0 saturated carbocycles. The zero-order chi connectivity index (χ0) is 29.2. The van der Waals surface area contributed by atoms with Gasteiger partial charge in [0.15, 0.2) is 0 Å². The van der Waals surface area contributed by atoms with Crippen molar-refractivity contribution in [3.05, 3.63) is 80.9 Å². The molecule has 4 rings (SSSR count). The van der Waals surface area contributed by atoms with Crippen LogP contribution in [0.15, 0.2) is 46.4 Å². The van der Waals surface area contributed by atoms with Crippen molar-refractivity contribution in [3.8, 4) is 11.9 Å². The highest BCUT2D eigenvalue weighted by molar-refractivity contribution is 6.14. The normalized spacial score (nSPS) is 17.9. The Morgan fingerprint density at radius 3 is 2.65 bits per heavy atom. The first-order valence-electron chi connectivity index (χ1n) is 12.0. The van der Waals surface area contributed by atoms with Crippen LogP contribution in [0, 0.1) is 17.1 Å². The molecular weight excluding hydrogens is 534 g/mol. The number of hydrogen-bond acceptors (Lipinski definition) is 9. The number of pyridine rings is 1. The number of morpholine rings is 1. The number of anilines is 1. The third kappa shape index (κ3) is 5.74. The van der Waals surface area contributed by atoms with Crippen LogP contribution in [-0.4, -0.2) is 58.6 Å². The first kappa shape index (κ1) is 28.5. The molecule has 14 heteroatoms. The van der Waals surface area contributed by atoms with E-state index >= 15 is 4.39 Å². The Hall–Kier alpha value is -4.51. The standard InChI is InChI=1S/C26H25F4N7O3/c1-14-12-37(13-19(40-14)16-7-8-33-20(10-16)39-4)35-21(17-6-5-15(11-31)9-18(17)27)22-23(32-2)24(38)36(3)25(34-22)26(28,29)30/h5-10,14,19,32H,12-13H2,1-4H3/b35-21-/t14-,19-/m0/s1. The van der Waals surface area contributed by atoms with E-state index in [4.69, 9.17) is 9.47 Å². The molecule has 2 atom stereocenters. The number of benzene rings is 1. The largest absolute Gasteiger partial charge is 0.481 e. The van der Waals surface area contributed by atoms with E-state index in [1.807, 2.05) is 6.07 Å². The molecule has 3 heterocycles. The van der Waals surface area contributed by atoms with Gasteiger partial charge in [0.05, 0.1) is 37.9 Å². The summed E-state index contributed by atoms with van der Waals surface area (Å²) < 4.78 is 68.5. The van der Waals surface area contributed by atoms with E-state index < -0.39 is 35.2 Å². The summed E-state index contributed by atoms with van der Waals surface area (Å²) in [6, 6.07) is 8.67. The molecule has 1 aromatic carbocycles. The SMILES string of the molecule is CNc1c(/C(=N\N2C[C@@H](c3ccnc(OC)c3)O[C@@H](C)C2)c2ccc(C#N)cc2F)nc(C(F)(F)F)n(C)c1=O. The maximum Gasteiger partial charge on any atom is 0.449 e. The zero-order valence-corrected chi connectivity index (χ0v) is 22.0. The Balaban J connectivity index is 1.92. The molecule has 3 aromatic rings. The van der Waals surface area contributed by atoms with Crippen LogP contribution in [0.2, 0.25) is 0 Å². The Bertz CT molecular complexity index is 1550. The minimum Gasteiger partial charge on any atom is -0.481 e. The van der Waals surface area contributed by atoms with E-state index in [9.17, 15) is 23.2 Å². The van der Waals surface area contributed by atoms with Gasteiger partial charge < -0.3 is 14.8 Å². The Kier molecular flexibility index (Phi) is 8.06. The van der Waals surface area contributed by atoms with Gasteiger partial charge in [0, 0.05) is 31.9 Å². The van der Waals surface area contributed by atoms with Crippen LogP contribution in [0.1, 0.15) is 41.2 Å². The molecule has 1 aliphatic rings. The molecule has 1 saturated heterocycles. The minimum absolute atomic E-state index is 0.00551. The summed E-state index contributed by atoms with van der Waals surface area (Å²) in [7, 11) is 3.75. The summed E-state index contributed by atoms with van der Waals surface area (Å²) in [5, 5.41) is 17.8. The number of nitrogens with one attached hydrogen (secondary N) is 1. The van der Waals surface area contributed by atoms with Crippen molar-refractivity contribution in [1.82, 2.24) is 19.5 Å². The van der Waals surface area contributed by atoms with Gasteiger partial charge in [-0.2, -0.15) is 23.5 Å². The number of aromatic nitrogens is 3. The van der Waals surface area contributed by atoms with Crippen LogP contribution >= 0.6 is 0 Å². The van der Waals surface area contributed by atoms with Gasteiger partial charge in [0.25, 0.3) is 5.56 Å². The van der Waals surface area contributed by atoms with E-state index in [2.05, 4.69) is 20.4 Å². The predicted octanol–water partition coefficient (Wildman–Crippen LogP) is 3.47. The zero-order valence-electron chi connectivity index (χ0n) is 22.0. The van der Waals surface area contributed by atoms with Crippen LogP contribution in [0.25, 0.3) is 0 Å². The van der Waals surface area contributed by atoms with Gasteiger partial charge in [0.1, 0.15) is 29.0 Å². The van der Waals surface area contributed by atoms with Crippen molar-refractivity contribution in [2.45, 2.75) is 25.3 Å². The fourth-order valence-corrected chi connectivity index (χ4v) is 4.33. The lowest BCUT2D eigenvalue weighted by molar-refractivity contribution is -0.147. The van der Waals surface area contributed by atoms with Crippen molar-refractivity contribution >= 4 is 11.4 Å². The van der Waals surface area contributed by atoms with Crippen LogP contribution in [0.5, 0.6) is 5.88 Å². The van der Waals surface area contributed by atoms with E-state index in [1.165, 1.54) is 31.3 Å². The summed E-state index contributed by atoms with van der Waals surface area (Å²) >= 11 is 0. The maximum atomic E-state index is 15.3. The van der Waals surface area contributed by atoms with Gasteiger partial charge in [0.2, 0.25) is 11.7 Å². The third-order valence-electron chi connectivity index (χ3n) is 6.19. The van der Waals surface area contributed by atoms with Crippen molar-refractivity contribution in [2.75, 3.05) is 32.6 Å². The van der Waals surface area contributed by atoms with E-state index in [-0.39, 0.29) is 41.7 Å². The third-order valence-corrected chi connectivity index (χ3v) is 6.19. The molecule has 1 N–H and O–H groups in total. The molecule has 0 aliphatic carbocycles. The van der Waals surface area contributed by atoms with Gasteiger partial charge in [-0.25, -0.2) is 14.4 Å². The molecule has 40 heavy (non-hydrogen) atoms. The van der Waals surface area contributed by atoms with E-state index in [1.54, 1.807) is 25.3 Å². The minimum atomic E-state index is -4.98. The van der Waals surface area contributed by atoms with Gasteiger partial charge in [-0.1, -0.05) is 0 Å². The van der Waals surface area contributed by atoms with E-state index in [0.717, 1.165) is 13.1 Å². The maximum absolute atomic E-state index is 15.3. The monoisotopic (exact) mass is 559 g/mol. The molecule has 1 fully saturated rings. The topological polar surface area (TPSA) is 118 Å². The number of methoxy groups -OCH3 is 1. The van der Waals surface area contributed by atoms with Crippen LogP contribution in [-0.2, 0) is 18.0 Å². The highest BCUT2D eigenvalue weighted by Gasteiger charge is 2.38. The van der Waals surface area contributed by atoms with Gasteiger partial charge in [-0.3, -0.25) is 14.4 Å². The van der Waals surface area contributed by atoms with Crippen molar-refractivity contribution in [2.24, 2.45) is 12.1 Å². The number of halogens is 4. The number of nitriles is 1. The van der Waals surface area contributed by atoms with Gasteiger partial charge >= 0.3 is 6.18 Å². The van der Waals surface area contributed by atoms with E-state index in [0.29, 0.717) is 16.0 Å². The predicted molar refractivity (Wildman–Crippen MR) is 136 cm³/mol. The lowest BCUT2D eigenvalue weighted by Crippen LogP contribution is -2.41. The molecule has 1 aliphatic heterocycles. The second-order valence-corrected chi connectivity index (χ2v) is 8.96. The van der Waals surface area contributed by atoms with Gasteiger partial charge in [-0.05, 0) is 36.8 Å². The first-order chi connectivity index (χ1) is 19.0. The van der Waals surface area contributed by atoms with Crippen LogP contribution in [0.4, 0.5) is 23.2 Å². The fraction of sp³-hybridized carbons (Fsp3) is 0.346. The summed E-state index contributed by atoms with van der Waals surface area (Å²) in [6.45, 7) is 2.11. The number of ether oxygens (including phenoxy) is 2. The molecule has 0 bridgehead atoms. The fourth-order valence-electron chi connectivity index (χ4n) is 4.33. The van der Waals surface area contributed by atoms with Crippen molar-refractivity contribution in [3.63, 3.8) is 0 Å². The number of hydrazone groups is 1. The highest BCUT2D eigenvalue weighted by Crippen LogP contribution is 2.30. The number of nitrogens with zero attached hydrogens (tertiary/aromatic N) is 6. The van der Waals surface area contributed by atoms with Crippen molar-refractivity contribution < 1.29 is 27.0 Å². The summed E-state index contributed by atoms with van der Waals surface area (Å²) in [4.78, 5) is 20.8. The van der Waals surface area contributed by atoms with Crippen LogP contribution in [0.3, 0.4) is 0 Å². The molecule has 210 valence electrons. The second kappa shape index (κ2) is 11.3. The molecule has 2 aromatic heterocycles. The van der Waals surface area contributed by atoms with Crippen molar-refractivity contribution in [1.29, 1.82) is 5.26 Å². The average Bonchev–Trinajstić information content (AvgIpc) is 2.92. The Labute approximate surface area is 226 Å². The number of alkyl halides is 3. The van der Waals surface area contributed by atoms with Gasteiger partial charge in [-0.15, -0.1) is 0 Å². The summed E-state index contributed by atoms with van der Waals surface area (Å²) in [5.41, 5.74) is -1.70. The lowest BCUT2D eigenvalue weighted by atomic mass is 10.0. The Morgan fingerprint density at radius 2 is 2.02 bits per heavy atom. The molecule has 0 amide bonds. The highest BCUT2D eigenvalue weighted by atomic mass is 19.4. The summed E-state index contributed by atoms with van der Waals surface area (Å²) in [6.07, 6.45) is -4.37. The average molecular weight is 560 g/mol. The first-order valence-corrected chi connectivity index (χ1v) is 12.0. The lowest BCUT2D eigenvalue weighted by Gasteiger charge is -2.36. The number of hydrogen-bond donors (Lipinski definition) is 1. The molecule has 0 spiro atoms. The second-order valence-electron chi connectivity index (χ2n) is 8.96. The number of rotatable bonds is 6. The summed E-state index contributed by atoms with van der Waals surface area (Å²) in [5.74, 6) is -2.05. The molecule has 0 radical (unpaired) electrons.